The van der Waals surface area contributed by atoms with Crippen molar-refractivity contribution in [3.05, 3.63) is 72.1 Å². The lowest BCUT2D eigenvalue weighted by Crippen LogP contribution is -2.23. The van der Waals surface area contributed by atoms with Gasteiger partial charge >= 0.3 is 0 Å². The highest BCUT2D eigenvalue weighted by molar-refractivity contribution is 7.89. The summed E-state index contributed by atoms with van der Waals surface area (Å²) in [5, 5.41) is 0. The number of aryl methyl sites for hydroxylation is 1. The molecule has 0 saturated carbocycles. The molecule has 0 fully saturated rings. The SMILES string of the molecule is COc1ccc(S(=O)(=O)NCc2ccc(-n3ccnc3)c(F)c2)cc1C. The number of methoxy groups -OCH3 is 1. The molecule has 0 unspecified atom stereocenters. The van der Waals surface area contributed by atoms with Crippen molar-refractivity contribution < 1.29 is 17.5 Å². The van der Waals surface area contributed by atoms with Crippen LogP contribution in [0.25, 0.3) is 5.69 Å². The summed E-state index contributed by atoms with van der Waals surface area (Å²) in [6, 6.07) is 9.15. The number of aromatic nitrogens is 2. The number of halogens is 1. The summed E-state index contributed by atoms with van der Waals surface area (Å²) in [5.74, 6) is 0.154. The van der Waals surface area contributed by atoms with Crippen LogP contribution < -0.4 is 9.46 Å². The largest absolute Gasteiger partial charge is 0.496 e. The molecule has 1 N–H and O–H groups in total. The van der Waals surface area contributed by atoms with Gasteiger partial charge in [-0.15, -0.1) is 0 Å². The number of sulfonamides is 1. The second-order valence-electron chi connectivity index (χ2n) is 5.71. The molecule has 0 amide bonds. The zero-order chi connectivity index (χ0) is 18.7. The molecule has 1 heterocycles. The molecule has 0 radical (unpaired) electrons. The molecule has 6 nitrogen and oxygen atoms in total. The number of benzene rings is 2. The van der Waals surface area contributed by atoms with Gasteiger partial charge in [0, 0.05) is 18.9 Å². The topological polar surface area (TPSA) is 73.2 Å². The van der Waals surface area contributed by atoms with Crippen molar-refractivity contribution in [1.29, 1.82) is 0 Å². The Bertz CT molecular complexity index is 1020. The third-order valence-electron chi connectivity index (χ3n) is 3.94. The molecule has 0 aliphatic heterocycles. The van der Waals surface area contributed by atoms with Gasteiger partial charge in [-0.3, -0.25) is 0 Å². The summed E-state index contributed by atoms with van der Waals surface area (Å²) in [4.78, 5) is 4.01. The number of nitrogens with zero attached hydrogens (tertiary/aromatic N) is 2. The zero-order valence-corrected chi connectivity index (χ0v) is 15.1. The first-order chi connectivity index (χ1) is 12.4. The molecular weight excluding hydrogens is 357 g/mol. The van der Waals surface area contributed by atoms with Gasteiger partial charge in [-0.2, -0.15) is 0 Å². The molecule has 0 aliphatic carbocycles. The average Bonchev–Trinajstić information content (AvgIpc) is 3.14. The van der Waals surface area contributed by atoms with Crippen molar-refractivity contribution in [3.63, 3.8) is 0 Å². The van der Waals surface area contributed by atoms with Crippen molar-refractivity contribution in [2.24, 2.45) is 0 Å². The second kappa shape index (κ2) is 7.27. The summed E-state index contributed by atoms with van der Waals surface area (Å²) in [6.07, 6.45) is 4.68. The van der Waals surface area contributed by atoms with E-state index in [2.05, 4.69) is 9.71 Å². The minimum absolute atomic E-state index is 0.0193. The number of ether oxygens (including phenoxy) is 1. The Morgan fingerprint density at radius 2 is 2.04 bits per heavy atom. The maximum absolute atomic E-state index is 14.3. The first-order valence-electron chi connectivity index (χ1n) is 7.82. The maximum atomic E-state index is 14.3. The van der Waals surface area contributed by atoms with Gasteiger partial charge < -0.3 is 9.30 Å². The van der Waals surface area contributed by atoms with Gasteiger partial charge in [-0.1, -0.05) is 6.07 Å². The highest BCUT2D eigenvalue weighted by Crippen LogP contribution is 2.21. The van der Waals surface area contributed by atoms with Gasteiger partial charge in [-0.25, -0.2) is 22.5 Å². The maximum Gasteiger partial charge on any atom is 0.240 e. The lowest BCUT2D eigenvalue weighted by molar-refractivity contribution is 0.411. The number of rotatable bonds is 6. The van der Waals surface area contributed by atoms with Crippen molar-refractivity contribution in [3.8, 4) is 11.4 Å². The fourth-order valence-electron chi connectivity index (χ4n) is 2.55. The van der Waals surface area contributed by atoms with E-state index in [9.17, 15) is 12.8 Å². The molecule has 3 rings (SSSR count). The van der Waals surface area contributed by atoms with E-state index in [0.717, 1.165) is 0 Å². The van der Waals surface area contributed by atoms with E-state index in [1.165, 1.54) is 31.6 Å². The summed E-state index contributed by atoms with van der Waals surface area (Å²) in [6.45, 7) is 1.75. The van der Waals surface area contributed by atoms with Gasteiger partial charge in [-0.05, 0) is 48.4 Å². The van der Waals surface area contributed by atoms with E-state index in [-0.39, 0.29) is 11.4 Å². The highest BCUT2D eigenvalue weighted by atomic mass is 32.2. The minimum Gasteiger partial charge on any atom is -0.496 e. The Hall–Kier alpha value is -2.71. The fraction of sp³-hybridized carbons (Fsp3) is 0.167. The first kappa shape index (κ1) is 18.1. The van der Waals surface area contributed by atoms with Gasteiger partial charge in [0.15, 0.2) is 0 Å². The molecule has 1 aromatic heterocycles. The Kier molecular flexibility index (Phi) is 5.06. The molecule has 0 saturated heterocycles. The van der Waals surface area contributed by atoms with Crippen LogP contribution in [-0.2, 0) is 16.6 Å². The quantitative estimate of drug-likeness (QED) is 0.719. The van der Waals surface area contributed by atoms with Crippen LogP contribution in [0.3, 0.4) is 0 Å². The van der Waals surface area contributed by atoms with E-state index in [1.807, 2.05) is 0 Å². The van der Waals surface area contributed by atoms with Crippen LogP contribution >= 0.6 is 0 Å². The molecule has 136 valence electrons. The average molecular weight is 375 g/mol. The lowest BCUT2D eigenvalue weighted by atomic mass is 10.2. The van der Waals surface area contributed by atoms with Gasteiger partial charge in [0.2, 0.25) is 10.0 Å². The van der Waals surface area contributed by atoms with Crippen molar-refractivity contribution in [2.75, 3.05) is 7.11 Å². The van der Waals surface area contributed by atoms with Crippen molar-refractivity contribution in [1.82, 2.24) is 14.3 Å². The normalized spacial score (nSPS) is 11.5. The standard InChI is InChI=1S/C18H18FN3O3S/c1-13-9-15(4-6-18(13)25-2)26(23,24)21-11-14-3-5-17(16(19)10-14)22-8-7-20-12-22/h3-10,12,21H,11H2,1-2H3. The number of hydrogen-bond acceptors (Lipinski definition) is 4. The van der Waals surface area contributed by atoms with E-state index in [4.69, 9.17) is 4.74 Å². The zero-order valence-electron chi connectivity index (χ0n) is 14.3. The van der Waals surface area contributed by atoms with Crippen molar-refractivity contribution in [2.45, 2.75) is 18.4 Å². The third-order valence-corrected chi connectivity index (χ3v) is 5.34. The summed E-state index contributed by atoms with van der Waals surface area (Å²) in [5.41, 5.74) is 1.58. The molecule has 8 heteroatoms. The van der Waals surface area contributed by atoms with Crippen LogP contribution in [0.4, 0.5) is 4.39 Å². The van der Waals surface area contributed by atoms with Gasteiger partial charge in [0.25, 0.3) is 0 Å². The van der Waals surface area contributed by atoms with E-state index in [1.54, 1.807) is 42.1 Å². The summed E-state index contributed by atoms with van der Waals surface area (Å²) >= 11 is 0. The summed E-state index contributed by atoms with van der Waals surface area (Å²) in [7, 11) is -2.19. The van der Waals surface area contributed by atoms with Gasteiger partial charge in [0.1, 0.15) is 11.6 Å². The Balaban J connectivity index is 1.76. The minimum atomic E-state index is -3.72. The highest BCUT2D eigenvalue weighted by Gasteiger charge is 2.16. The Labute approximate surface area is 151 Å². The van der Waals surface area contributed by atoms with Crippen LogP contribution in [0.1, 0.15) is 11.1 Å². The smallest absolute Gasteiger partial charge is 0.240 e. The first-order valence-corrected chi connectivity index (χ1v) is 9.30. The van der Waals surface area contributed by atoms with E-state index >= 15 is 0 Å². The Morgan fingerprint density at radius 3 is 2.65 bits per heavy atom. The van der Waals surface area contributed by atoms with Crippen molar-refractivity contribution >= 4 is 10.0 Å². The number of hydrogen-bond donors (Lipinski definition) is 1. The molecule has 0 atom stereocenters. The molecule has 3 aromatic rings. The predicted molar refractivity (Wildman–Crippen MR) is 95.3 cm³/mol. The third kappa shape index (κ3) is 3.76. The molecular formula is C18H18FN3O3S. The number of nitrogens with one attached hydrogen (secondary N) is 1. The summed E-state index contributed by atoms with van der Waals surface area (Å²) < 4.78 is 48.3. The van der Waals surface area contributed by atoms with Crippen LogP contribution in [-0.4, -0.2) is 25.1 Å². The molecule has 2 aromatic carbocycles. The lowest BCUT2D eigenvalue weighted by Gasteiger charge is -2.11. The fourth-order valence-corrected chi connectivity index (χ4v) is 3.65. The van der Waals surface area contributed by atoms with Gasteiger partial charge in [0.05, 0.1) is 24.0 Å². The van der Waals surface area contributed by atoms with E-state index in [0.29, 0.717) is 22.6 Å². The molecule has 26 heavy (non-hydrogen) atoms. The molecule has 0 bridgehead atoms. The van der Waals surface area contributed by atoms with Crippen LogP contribution in [0.2, 0.25) is 0 Å². The van der Waals surface area contributed by atoms with E-state index < -0.39 is 15.8 Å². The second-order valence-corrected chi connectivity index (χ2v) is 7.48. The van der Waals surface area contributed by atoms with Crippen LogP contribution in [0.15, 0.2) is 60.0 Å². The predicted octanol–water partition coefficient (Wildman–Crippen LogP) is 2.81. The monoisotopic (exact) mass is 375 g/mol. The van der Waals surface area contributed by atoms with Crippen LogP contribution in [0.5, 0.6) is 5.75 Å². The molecule has 0 spiro atoms. The Morgan fingerprint density at radius 1 is 1.23 bits per heavy atom. The molecule has 0 aliphatic rings. The van der Waals surface area contributed by atoms with Crippen LogP contribution in [0, 0.1) is 12.7 Å². The number of imidazole rings is 1.